The number of methoxy groups -OCH3 is 2. The van der Waals surface area contributed by atoms with Crippen LogP contribution in [-0.2, 0) is 38.1 Å². The van der Waals surface area contributed by atoms with Gasteiger partial charge < -0.3 is 44.9 Å². The Hall–Kier alpha value is -2.78. The number of piperidine rings is 1. The number of aliphatic hydroxyl groups is 3. The number of carbonyl (C=O) groups excluding carboxylic acids is 4. The molecule has 0 aromatic carbocycles. The molecule has 13 nitrogen and oxygen atoms in total. The monoisotopic (exact) mass is 788 g/mol. The van der Waals surface area contributed by atoms with Gasteiger partial charge in [-0.3, -0.25) is 14.4 Å². The Bertz CT molecular complexity index is 1440. The van der Waals surface area contributed by atoms with Crippen molar-refractivity contribution in [2.45, 2.75) is 153 Å². The topological polar surface area (TPSA) is 195 Å². The molecule has 5 N–H and O–H groups in total. The van der Waals surface area contributed by atoms with E-state index in [4.69, 9.17) is 24.7 Å². The third kappa shape index (κ3) is 11.0. The number of aliphatic hydroxyl groups excluding tert-OH is 2. The number of amides is 1. The minimum absolute atomic E-state index is 0.0248. The number of esters is 1. The highest BCUT2D eigenvalue weighted by Gasteiger charge is 2.56. The first-order valence-corrected chi connectivity index (χ1v) is 20.7. The Morgan fingerprint density at radius 2 is 1.68 bits per heavy atom. The van der Waals surface area contributed by atoms with Crippen LogP contribution in [0.15, 0.2) is 36.0 Å². The summed E-state index contributed by atoms with van der Waals surface area (Å²) in [6.07, 6.45) is 6.84. The second kappa shape index (κ2) is 20.8. The zero-order valence-corrected chi connectivity index (χ0v) is 34.4. The summed E-state index contributed by atoms with van der Waals surface area (Å²) in [6, 6.07) is -2.37. The minimum Gasteiger partial charge on any atom is -0.455 e. The van der Waals surface area contributed by atoms with Crippen molar-refractivity contribution in [3.63, 3.8) is 0 Å². The highest BCUT2D eigenvalue weighted by atomic mass is 16.7. The number of hydrogen-bond donors (Lipinski definition) is 4. The molecule has 4 rings (SSSR count). The standard InChI is InChI=1S/C43H68N2O11/c1-8-11-31-19-25(2)18-26(3)20-35(53-6)39-36(54-7)22-28(5)43(52,56-39)40(49)41(50)45-17-10-9-12-32(45)42(51)55-38(37(44)34(48)23-33(31)47)27(4)21-29-13-15-30(24-46)16-14-29/h8,19,21,25-26,28-30,32,34-39,46,48,52H,1,9-18,20,22-24,44H2,2-7H3/b27-21?,31-19+. The lowest BCUT2D eigenvalue weighted by atomic mass is 9.81. The molecule has 0 aromatic rings. The number of cyclic esters (lactones) is 1. The fourth-order valence-corrected chi connectivity index (χ4v) is 9.24. The van der Waals surface area contributed by atoms with Gasteiger partial charge in [0.15, 0.2) is 5.78 Å². The van der Waals surface area contributed by atoms with E-state index in [2.05, 4.69) is 6.58 Å². The summed E-state index contributed by atoms with van der Waals surface area (Å²) >= 11 is 0. The predicted octanol–water partition coefficient (Wildman–Crippen LogP) is 3.95. The number of nitrogens with two attached hydrogens (primary N) is 1. The first kappa shape index (κ1) is 45.9. The quantitative estimate of drug-likeness (QED) is 0.165. The molecule has 11 atom stereocenters. The second-order valence-electron chi connectivity index (χ2n) is 17.0. The maximum Gasteiger partial charge on any atom is 0.329 e. The molecule has 3 heterocycles. The van der Waals surface area contributed by atoms with Gasteiger partial charge in [-0.1, -0.05) is 39.0 Å². The van der Waals surface area contributed by atoms with Crippen molar-refractivity contribution in [2.75, 3.05) is 27.4 Å². The zero-order valence-electron chi connectivity index (χ0n) is 34.4. The first-order chi connectivity index (χ1) is 26.6. The SMILES string of the molecule is C=CC/C1=C\C(C)CC(C)CC(OC)C2OC(O)(C(=O)C(=O)N3CCCCC3C(=O)OC(C(C)=CC3CCC(CO)CC3)C(N)C(O)CC1=O)C(C)CC2OC. The van der Waals surface area contributed by atoms with Gasteiger partial charge in [-0.2, -0.15) is 0 Å². The molecular formula is C43H68N2O11. The maximum atomic E-state index is 14.2. The lowest BCUT2D eigenvalue weighted by molar-refractivity contribution is -0.302. The third-order valence-electron chi connectivity index (χ3n) is 12.6. The molecule has 3 fully saturated rings. The van der Waals surface area contributed by atoms with Gasteiger partial charge in [-0.05, 0) is 112 Å². The van der Waals surface area contributed by atoms with Crippen molar-refractivity contribution >= 4 is 23.4 Å². The van der Waals surface area contributed by atoms with Crippen molar-refractivity contribution in [1.82, 2.24) is 4.90 Å². The summed E-state index contributed by atoms with van der Waals surface area (Å²) in [4.78, 5) is 57.5. The Kier molecular flexibility index (Phi) is 17.0. The largest absolute Gasteiger partial charge is 0.455 e. The number of ketones is 2. The Morgan fingerprint density at radius 1 is 1.02 bits per heavy atom. The Morgan fingerprint density at radius 3 is 2.30 bits per heavy atom. The third-order valence-corrected chi connectivity index (χ3v) is 12.6. The molecule has 1 aliphatic carbocycles. The Labute approximate surface area is 333 Å². The number of allylic oxidation sites excluding steroid dienone is 4. The molecule has 11 unspecified atom stereocenters. The number of ether oxygens (including phenoxy) is 4. The van der Waals surface area contributed by atoms with Crippen LogP contribution in [-0.4, -0.2) is 119 Å². The van der Waals surface area contributed by atoms with E-state index in [1.54, 1.807) is 19.9 Å². The number of rotatable bonds is 7. The molecule has 3 aliphatic heterocycles. The molecule has 56 heavy (non-hydrogen) atoms. The van der Waals surface area contributed by atoms with Crippen LogP contribution < -0.4 is 5.73 Å². The fraction of sp³-hybridized carbons (Fsp3) is 0.767. The molecule has 1 saturated carbocycles. The summed E-state index contributed by atoms with van der Waals surface area (Å²) in [5.41, 5.74) is 7.81. The molecule has 316 valence electrons. The van der Waals surface area contributed by atoms with Gasteiger partial charge >= 0.3 is 5.97 Å². The number of hydrogen-bond acceptors (Lipinski definition) is 12. The van der Waals surface area contributed by atoms with E-state index < -0.39 is 72.0 Å². The average molecular weight is 789 g/mol. The van der Waals surface area contributed by atoms with Crippen molar-refractivity contribution in [3.05, 3.63) is 36.0 Å². The highest BCUT2D eigenvalue weighted by Crippen LogP contribution is 2.39. The zero-order chi connectivity index (χ0) is 41.3. The van der Waals surface area contributed by atoms with Crippen LogP contribution in [0, 0.1) is 29.6 Å². The van der Waals surface area contributed by atoms with E-state index in [9.17, 15) is 34.5 Å². The van der Waals surface area contributed by atoms with Crippen LogP contribution in [0.25, 0.3) is 0 Å². The van der Waals surface area contributed by atoms with E-state index >= 15 is 0 Å². The van der Waals surface area contributed by atoms with Crippen molar-refractivity contribution in [3.8, 4) is 0 Å². The van der Waals surface area contributed by atoms with Gasteiger partial charge in [0.2, 0.25) is 5.79 Å². The van der Waals surface area contributed by atoms with E-state index in [0.29, 0.717) is 36.8 Å². The van der Waals surface area contributed by atoms with Crippen molar-refractivity contribution in [1.29, 1.82) is 0 Å². The molecule has 0 aromatic heterocycles. The van der Waals surface area contributed by atoms with Crippen LogP contribution in [0.5, 0.6) is 0 Å². The first-order valence-electron chi connectivity index (χ1n) is 20.7. The predicted molar refractivity (Wildman–Crippen MR) is 210 cm³/mol. The second-order valence-corrected chi connectivity index (χ2v) is 17.0. The molecule has 4 aliphatic rings. The molecule has 2 saturated heterocycles. The Balaban J connectivity index is 1.76. The molecule has 2 bridgehead atoms. The van der Waals surface area contributed by atoms with Gasteiger partial charge in [-0.25, -0.2) is 4.79 Å². The molecule has 0 radical (unpaired) electrons. The summed E-state index contributed by atoms with van der Waals surface area (Å²) in [5.74, 6) is -6.36. The van der Waals surface area contributed by atoms with Gasteiger partial charge in [0, 0.05) is 39.7 Å². The van der Waals surface area contributed by atoms with Crippen LogP contribution in [0.3, 0.4) is 0 Å². The normalized spacial score (nSPS) is 40.1. The van der Waals surface area contributed by atoms with Crippen LogP contribution in [0.2, 0.25) is 0 Å². The summed E-state index contributed by atoms with van der Waals surface area (Å²) in [7, 11) is 3.05. The lowest BCUT2D eigenvalue weighted by Gasteiger charge is -2.47. The van der Waals surface area contributed by atoms with Crippen LogP contribution in [0.4, 0.5) is 0 Å². The fourth-order valence-electron chi connectivity index (χ4n) is 9.24. The van der Waals surface area contributed by atoms with E-state index in [1.165, 1.54) is 14.2 Å². The van der Waals surface area contributed by atoms with Crippen molar-refractivity contribution in [2.24, 2.45) is 35.3 Å². The number of Topliss-reactive ketones (excluding diaryl/α,β-unsaturated/α-hetero) is 2. The smallest absolute Gasteiger partial charge is 0.329 e. The summed E-state index contributed by atoms with van der Waals surface area (Å²) in [6.45, 7) is 11.5. The van der Waals surface area contributed by atoms with Gasteiger partial charge in [0.1, 0.15) is 18.2 Å². The average Bonchev–Trinajstić information content (AvgIpc) is 3.18. The lowest BCUT2D eigenvalue weighted by Crippen LogP contribution is -2.64. The van der Waals surface area contributed by atoms with Gasteiger partial charge in [0.25, 0.3) is 11.7 Å². The molecule has 13 heteroatoms. The minimum atomic E-state index is -2.51. The molecule has 0 spiro atoms. The van der Waals surface area contributed by atoms with Crippen LogP contribution in [0.1, 0.15) is 105 Å². The summed E-state index contributed by atoms with van der Waals surface area (Å²) in [5, 5.41) is 33.2. The van der Waals surface area contributed by atoms with E-state index in [1.807, 2.05) is 26.0 Å². The number of fused-ring (bicyclic) bond motifs is 3. The van der Waals surface area contributed by atoms with Crippen molar-refractivity contribution < 1.29 is 53.4 Å². The highest BCUT2D eigenvalue weighted by molar-refractivity contribution is 6.39. The molecule has 1 amide bonds. The van der Waals surface area contributed by atoms with Crippen LogP contribution >= 0.6 is 0 Å². The van der Waals surface area contributed by atoms with E-state index in [-0.39, 0.29) is 68.3 Å². The molecular weight excluding hydrogens is 720 g/mol. The number of nitrogens with zero attached hydrogens (tertiary/aromatic N) is 1. The summed E-state index contributed by atoms with van der Waals surface area (Å²) < 4.78 is 24.1. The van der Waals surface area contributed by atoms with Gasteiger partial charge in [-0.15, -0.1) is 6.58 Å². The van der Waals surface area contributed by atoms with Gasteiger partial charge in [0.05, 0.1) is 24.4 Å². The maximum absolute atomic E-state index is 14.2. The van der Waals surface area contributed by atoms with E-state index in [0.717, 1.165) is 30.6 Å². The number of carbonyl (C=O) groups is 4.